The third kappa shape index (κ3) is 4.89. The van der Waals surface area contributed by atoms with Crippen LogP contribution in [0.5, 0.6) is 0 Å². The van der Waals surface area contributed by atoms with Crippen LogP contribution in [0.1, 0.15) is 38.2 Å². The summed E-state index contributed by atoms with van der Waals surface area (Å²) in [5, 5.41) is 4.07. The fourth-order valence-electron chi connectivity index (χ4n) is 2.47. The van der Waals surface area contributed by atoms with Crippen molar-refractivity contribution in [2.75, 3.05) is 37.6 Å². The molecule has 2 rings (SSSR count). The molecule has 1 aromatic rings. The highest BCUT2D eigenvalue weighted by atomic mass is 32.1. The second-order valence-electron chi connectivity index (χ2n) is 6.47. The van der Waals surface area contributed by atoms with Crippen molar-refractivity contribution in [3.63, 3.8) is 0 Å². The first-order valence-electron chi connectivity index (χ1n) is 8.14. The first-order chi connectivity index (χ1) is 10.9. The molecule has 1 fully saturated rings. The van der Waals surface area contributed by atoms with Crippen molar-refractivity contribution in [2.24, 2.45) is 0 Å². The van der Waals surface area contributed by atoms with E-state index >= 15 is 0 Å². The van der Waals surface area contributed by atoms with Crippen molar-refractivity contribution in [3.8, 4) is 0 Å². The molecule has 1 aromatic heterocycles. The number of anilines is 1. The molecular weight excluding hydrogens is 306 g/mol. The lowest BCUT2D eigenvalue weighted by atomic mass is 10.2. The summed E-state index contributed by atoms with van der Waals surface area (Å²) >= 11 is 5.45. The quantitative estimate of drug-likeness (QED) is 0.675. The van der Waals surface area contributed by atoms with E-state index < -0.39 is 0 Å². The van der Waals surface area contributed by atoms with Crippen molar-refractivity contribution in [3.05, 3.63) is 29.7 Å². The number of rotatable bonds is 4. The third-order valence-corrected chi connectivity index (χ3v) is 4.21. The van der Waals surface area contributed by atoms with Crippen LogP contribution in [0.3, 0.4) is 0 Å². The highest BCUT2D eigenvalue weighted by Crippen LogP contribution is 2.18. The molecule has 126 valence electrons. The first kappa shape index (κ1) is 17.7. The van der Waals surface area contributed by atoms with Crippen LogP contribution in [0.2, 0.25) is 0 Å². The predicted molar refractivity (Wildman–Crippen MR) is 100 cm³/mol. The van der Waals surface area contributed by atoms with Gasteiger partial charge >= 0.3 is 0 Å². The molecule has 0 radical (unpaired) electrons. The molecule has 23 heavy (non-hydrogen) atoms. The average molecular weight is 334 g/mol. The molecular formula is C17H27N5S. The molecule has 1 N–H and O–H groups in total. The van der Waals surface area contributed by atoms with Gasteiger partial charge in [0.1, 0.15) is 11.6 Å². The van der Waals surface area contributed by atoms with Gasteiger partial charge in [-0.3, -0.25) is 0 Å². The third-order valence-electron chi connectivity index (χ3n) is 3.81. The van der Waals surface area contributed by atoms with E-state index in [1.807, 2.05) is 13.8 Å². The van der Waals surface area contributed by atoms with Gasteiger partial charge in [0, 0.05) is 50.4 Å². The Kier molecular flexibility index (Phi) is 5.93. The zero-order chi connectivity index (χ0) is 17.0. The van der Waals surface area contributed by atoms with Crippen LogP contribution < -0.4 is 10.2 Å². The van der Waals surface area contributed by atoms with Gasteiger partial charge in [-0.25, -0.2) is 9.97 Å². The average Bonchev–Trinajstić information content (AvgIpc) is 2.52. The van der Waals surface area contributed by atoms with Crippen LogP contribution in [0.15, 0.2) is 18.2 Å². The van der Waals surface area contributed by atoms with Gasteiger partial charge in [-0.1, -0.05) is 26.0 Å². The molecule has 0 unspecified atom stereocenters. The van der Waals surface area contributed by atoms with Crippen LogP contribution in [-0.2, 0) is 0 Å². The van der Waals surface area contributed by atoms with Crippen LogP contribution in [0.25, 0.3) is 0 Å². The van der Waals surface area contributed by atoms with Gasteiger partial charge in [-0.05, 0) is 26.1 Å². The van der Waals surface area contributed by atoms with E-state index in [1.54, 1.807) is 0 Å². The van der Waals surface area contributed by atoms with Gasteiger partial charge in [0.2, 0.25) is 0 Å². The summed E-state index contributed by atoms with van der Waals surface area (Å²) in [6.45, 7) is 16.6. The molecule has 1 saturated heterocycles. The monoisotopic (exact) mass is 333 g/mol. The minimum atomic E-state index is 0.342. The molecule has 5 nitrogen and oxygen atoms in total. The maximum absolute atomic E-state index is 5.45. The van der Waals surface area contributed by atoms with Crippen LogP contribution in [-0.4, -0.2) is 52.7 Å². The zero-order valence-corrected chi connectivity index (χ0v) is 15.4. The number of aromatic nitrogens is 2. The smallest absolute Gasteiger partial charge is 0.169 e. The molecule has 1 aliphatic heterocycles. The molecule has 0 aliphatic carbocycles. The van der Waals surface area contributed by atoms with E-state index in [1.165, 1.54) is 0 Å². The summed E-state index contributed by atoms with van der Waals surface area (Å²) in [7, 11) is 0. The number of nitrogens with one attached hydrogen (secondary N) is 1. The normalized spacial score (nSPS) is 15.0. The summed E-state index contributed by atoms with van der Waals surface area (Å²) in [6, 6.07) is 2.07. The maximum atomic E-state index is 5.45. The van der Waals surface area contributed by atoms with Crippen molar-refractivity contribution >= 4 is 23.1 Å². The summed E-state index contributed by atoms with van der Waals surface area (Å²) in [4.78, 5) is 13.8. The van der Waals surface area contributed by atoms with Gasteiger partial charge < -0.3 is 15.1 Å². The minimum absolute atomic E-state index is 0.342. The summed E-state index contributed by atoms with van der Waals surface area (Å²) in [5.74, 6) is 2.29. The fraction of sp³-hybridized carbons (Fsp3) is 0.588. The Hall–Kier alpha value is -1.69. The lowest BCUT2D eigenvalue weighted by molar-refractivity contribution is 0.380. The second kappa shape index (κ2) is 7.73. The standard InChI is InChI=1S/C17H27N5S/c1-12(2)11-18-17(23)22-8-6-21(7-9-22)15-10-14(5)19-16(20-15)13(3)4/h10,13H,1,6-9,11H2,2-5H3,(H,18,23). The Morgan fingerprint density at radius 2 is 1.96 bits per heavy atom. The fourth-order valence-corrected chi connectivity index (χ4v) is 2.73. The topological polar surface area (TPSA) is 44.3 Å². The minimum Gasteiger partial charge on any atom is -0.359 e. The second-order valence-corrected chi connectivity index (χ2v) is 6.86. The van der Waals surface area contributed by atoms with Crippen molar-refractivity contribution < 1.29 is 0 Å². The maximum Gasteiger partial charge on any atom is 0.169 e. The van der Waals surface area contributed by atoms with E-state index in [9.17, 15) is 0 Å². The molecule has 0 atom stereocenters. The Balaban J connectivity index is 1.96. The number of aryl methyl sites for hydroxylation is 1. The molecule has 6 heteroatoms. The van der Waals surface area contributed by atoms with Gasteiger partial charge in [-0.15, -0.1) is 0 Å². The van der Waals surface area contributed by atoms with Crippen LogP contribution in [0, 0.1) is 6.92 Å². The van der Waals surface area contributed by atoms with Crippen LogP contribution >= 0.6 is 12.2 Å². The number of nitrogens with zero attached hydrogens (tertiary/aromatic N) is 4. The van der Waals surface area contributed by atoms with E-state index in [0.29, 0.717) is 5.92 Å². The van der Waals surface area contributed by atoms with E-state index in [0.717, 1.165) is 60.7 Å². The van der Waals surface area contributed by atoms with E-state index in [4.69, 9.17) is 17.2 Å². The Morgan fingerprint density at radius 1 is 1.30 bits per heavy atom. The summed E-state index contributed by atoms with van der Waals surface area (Å²) in [5.41, 5.74) is 2.11. The molecule has 1 aliphatic rings. The largest absolute Gasteiger partial charge is 0.359 e. The number of hydrogen-bond donors (Lipinski definition) is 1. The molecule has 0 spiro atoms. The SMILES string of the molecule is C=C(C)CNC(=S)N1CCN(c2cc(C)nc(C(C)C)n2)CC1. The van der Waals surface area contributed by atoms with Crippen molar-refractivity contribution in [2.45, 2.75) is 33.6 Å². The number of thiocarbonyl (C=S) groups is 1. The predicted octanol–water partition coefficient (Wildman–Crippen LogP) is 2.48. The Labute approximate surface area is 144 Å². The Morgan fingerprint density at radius 3 is 2.52 bits per heavy atom. The van der Waals surface area contributed by atoms with Gasteiger partial charge in [0.15, 0.2) is 5.11 Å². The molecule has 0 amide bonds. The summed E-state index contributed by atoms with van der Waals surface area (Å²) in [6.07, 6.45) is 0. The van der Waals surface area contributed by atoms with Gasteiger partial charge in [-0.2, -0.15) is 0 Å². The molecule has 2 heterocycles. The van der Waals surface area contributed by atoms with Gasteiger partial charge in [0.05, 0.1) is 0 Å². The molecule has 0 aromatic carbocycles. The zero-order valence-electron chi connectivity index (χ0n) is 14.6. The highest BCUT2D eigenvalue weighted by Gasteiger charge is 2.20. The van der Waals surface area contributed by atoms with Gasteiger partial charge in [0.25, 0.3) is 0 Å². The highest BCUT2D eigenvalue weighted by molar-refractivity contribution is 7.80. The lowest BCUT2D eigenvalue weighted by Gasteiger charge is -2.37. The number of piperazine rings is 1. The Bertz CT molecular complexity index is 576. The van der Waals surface area contributed by atoms with E-state index in [2.05, 4.69) is 46.6 Å². The van der Waals surface area contributed by atoms with Crippen molar-refractivity contribution in [1.82, 2.24) is 20.2 Å². The van der Waals surface area contributed by atoms with E-state index in [-0.39, 0.29) is 0 Å². The first-order valence-corrected chi connectivity index (χ1v) is 8.55. The molecule has 0 bridgehead atoms. The molecule has 0 saturated carbocycles. The lowest BCUT2D eigenvalue weighted by Crippen LogP contribution is -2.52. The summed E-state index contributed by atoms with van der Waals surface area (Å²) < 4.78 is 0. The van der Waals surface area contributed by atoms with Crippen molar-refractivity contribution in [1.29, 1.82) is 0 Å². The van der Waals surface area contributed by atoms with Crippen LogP contribution in [0.4, 0.5) is 5.82 Å². The number of hydrogen-bond acceptors (Lipinski definition) is 4.